The van der Waals surface area contributed by atoms with E-state index in [1.165, 1.54) is 41.5 Å². The Morgan fingerprint density at radius 1 is 1.09 bits per heavy atom. The molecule has 1 aliphatic heterocycles. The first-order chi connectivity index (χ1) is 15.7. The molecule has 2 heterocycles. The number of carbonyl (C=O) groups is 3. The van der Waals surface area contributed by atoms with Crippen LogP contribution in [0.15, 0.2) is 76.2 Å². The van der Waals surface area contributed by atoms with Gasteiger partial charge in [0.05, 0.1) is 23.3 Å². The minimum atomic E-state index is -3.93. The van der Waals surface area contributed by atoms with Crippen molar-refractivity contribution in [3.63, 3.8) is 0 Å². The molecule has 4 rings (SSSR count). The quantitative estimate of drug-likeness (QED) is 0.531. The fourth-order valence-corrected chi connectivity index (χ4v) is 4.30. The van der Waals surface area contributed by atoms with Crippen LogP contribution in [-0.4, -0.2) is 37.1 Å². The van der Waals surface area contributed by atoms with Crippen LogP contribution in [0.5, 0.6) is 0 Å². The van der Waals surface area contributed by atoms with Gasteiger partial charge in [0.15, 0.2) is 5.76 Å². The molecule has 2 aromatic carbocycles. The van der Waals surface area contributed by atoms with E-state index in [2.05, 4.69) is 0 Å². The molecule has 1 fully saturated rings. The third-order valence-electron chi connectivity index (χ3n) is 5.21. The molecule has 0 bridgehead atoms. The number of sulfonamides is 1. The number of halogens is 1. The highest BCUT2D eigenvalue weighted by atomic mass is 35.5. The van der Waals surface area contributed by atoms with Crippen molar-refractivity contribution in [2.24, 2.45) is 5.14 Å². The number of carbonyl (C=O) groups excluding carboxylic acids is 3. The van der Waals surface area contributed by atoms with Gasteiger partial charge in [0.1, 0.15) is 6.04 Å². The lowest BCUT2D eigenvalue weighted by Gasteiger charge is -2.27. The van der Waals surface area contributed by atoms with Crippen molar-refractivity contribution in [1.82, 2.24) is 4.90 Å². The lowest BCUT2D eigenvalue weighted by Crippen LogP contribution is -2.45. The fraction of sp³-hybridized carbons (Fsp3) is 0.136. The first-order valence-corrected chi connectivity index (χ1v) is 11.7. The first kappa shape index (κ1) is 22.7. The van der Waals surface area contributed by atoms with Gasteiger partial charge in [0, 0.05) is 11.6 Å². The van der Waals surface area contributed by atoms with Gasteiger partial charge in [-0.15, -0.1) is 0 Å². The van der Waals surface area contributed by atoms with E-state index in [1.54, 1.807) is 30.3 Å². The van der Waals surface area contributed by atoms with Crippen molar-refractivity contribution in [3.05, 3.63) is 83.3 Å². The van der Waals surface area contributed by atoms with Crippen LogP contribution in [-0.2, 0) is 26.2 Å². The van der Waals surface area contributed by atoms with E-state index in [9.17, 15) is 22.8 Å². The Hall–Kier alpha value is -3.47. The molecule has 0 spiro atoms. The maximum atomic E-state index is 13.3. The summed E-state index contributed by atoms with van der Waals surface area (Å²) in [6, 6.07) is 13.8. The summed E-state index contributed by atoms with van der Waals surface area (Å²) in [5.41, 5.74) is 0.762. The largest absolute Gasteiger partial charge is 0.459 e. The Bertz CT molecular complexity index is 1320. The van der Waals surface area contributed by atoms with E-state index >= 15 is 0 Å². The monoisotopic (exact) mass is 487 g/mol. The number of imide groups is 1. The fourth-order valence-electron chi connectivity index (χ4n) is 3.59. The SMILES string of the molecule is NS(=O)(=O)c1ccc(N2C(=O)CC(N(Cc3ccccc3Cl)C(=O)c3ccco3)C2=O)cc1. The minimum absolute atomic E-state index is 0.0123. The lowest BCUT2D eigenvalue weighted by molar-refractivity contribution is -0.122. The highest BCUT2D eigenvalue weighted by Gasteiger charge is 2.45. The molecule has 0 saturated carbocycles. The number of anilines is 1. The van der Waals surface area contributed by atoms with Crippen LogP contribution in [0.25, 0.3) is 0 Å². The molecule has 1 aromatic heterocycles. The van der Waals surface area contributed by atoms with Crippen LogP contribution in [0.4, 0.5) is 5.69 Å². The van der Waals surface area contributed by atoms with Crippen LogP contribution < -0.4 is 10.0 Å². The molecule has 1 atom stereocenters. The van der Waals surface area contributed by atoms with Crippen LogP contribution in [0.3, 0.4) is 0 Å². The minimum Gasteiger partial charge on any atom is -0.459 e. The molecule has 11 heteroatoms. The van der Waals surface area contributed by atoms with Gasteiger partial charge in [-0.3, -0.25) is 14.4 Å². The Morgan fingerprint density at radius 3 is 2.39 bits per heavy atom. The van der Waals surface area contributed by atoms with Gasteiger partial charge in [0.2, 0.25) is 15.9 Å². The van der Waals surface area contributed by atoms with Gasteiger partial charge in [0.25, 0.3) is 11.8 Å². The zero-order chi connectivity index (χ0) is 23.8. The molecule has 2 N–H and O–H groups in total. The summed E-state index contributed by atoms with van der Waals surface area (Å²) in [6.07, 6.45) is 1.08. The number of hydrogen-bond donors (Lipinski definition) is 1. The molecule has 0 aliphatic carbocycles. The maximum Gasteiger partial charge on any atom is 0.290 e. The summed E-state index contributed by atoms with van der Waals surface area (Å²) in [5, 5.41) is 5.51. The highest BCUT2D eigenvalue weighted by Crippen LogP contribution is 2.29. The van der Waals surface area contributed by atoms with Crippen molar-refractivity contribution in [2.75, 3.05) is 4.90 Å². The van der Waals surface area contributed by atoms with E-state index in [1.807, 2.05) is 0 Å². The van der Waals surface area contributed by atoms with Gasteiger partial charge in [-0.2, -0.15) is 0 Å². The summed E-state index contributed by atoms with van der Waals surface area (Å²) in [6.45, 7) is -0.0267. The van der Waals surface area contributed by atoms with E-state index in [0.717, 1.165) is 4.90 Å². The average molecular weight is 488 g/mol. The number of benzene rings is 2. The van der Waals surface area contributed by atoms with Crippen LogP contribution >= 0.6 is 11.6 Å². The predicted octanol–water partition coefficient (Wildman–Crippen LogP) is 2.55. The van der Waals surface area contributed by atoms with Gasteiger partial charge < -0.3 is 9.32 Å². The van der Waals surface area contributed by atoms with E-state index in [-0.39, 0.29) is 29.3 Å². The Balaban J connectivity index is 1.67. The standard InChI is InChI=1S/C22H18ClN3O6S/c23-17-5-2-1-4-14(17)13-25(22(29)19-6-3-11-32-19)18-12-20(27)26(21(18)28)15-7-9-16(10-8-15)33(24,30)31/h1-11,18H,12-13H2,(H2,24,30,31). The Morgan fingerprint density at radius 2 is 1.79 bits per heavy atom. The second kappa shape index (κ2) is 8.81. The number of furan rings is 1. The van der Waals surface area contributed by atoms with Crippen LogP contribution in [0.1, 0.15) is 22.5 Å². The molecular formula is C22H18ClN3O6S. The second-order valence-electron chi connectivity index (χ2n) is 7.33. The molecular weight excluding hydrogens is 470 g/mol. The number of rotatable bonds is 6. The summed E-state index contributed by atoms with van der Waals surface area (Å²) < 4.78 is 28.2. The number of hydrogen-bond acceptors (Lipinski definition) is 6. The van der Waals surface area contributed by atoms with E-state index in [4.69, 9.17) is 21.2 Å². The number of nitrogens with two attached hydrogens (primary N) is 1. The molecule has 170 valence electrons. The third kappa shape index (κ3) is 4.54. The first-order valence-electron chi connectivity index (χ1n) is 9.74. The second-order valence-corrected chi connectivity index (χ2v) is 9.30. The molecule has 1 aliphatic rings. The molecule has 0 radical (unpaired) electrons. The van der Waals surface area contributed by atoms with Crippen LogP contribution in [0, 0.1) is 0 Å². The van der Waals surface area contributed by atoms with Crippen molar-refractivity contribution >= 4 is 45.0 Å². The number of amides is 3. The molecule has 33 heavy (non-hydrogen) atoms. The Labute approximate surface area is 194 Å². The van der Waals surface area contributed by atoms with Crippen molar-refractivity contribution in [1.29, 1.82) is 0 Å². The highest BCUT2D eigenvalue weighted by molar-refractivity contribution is 7.89. The van der Waals surface area contributed by atoms with Gasteiger partial charge in [-0.25, -0.2) is 18.5 Å². The average Bonchev–Trinajstić information content (AvgIpc) is 3.41. The zero-order valence-electron chi connectivity index (χ0n) is 17.0. The number of primary sulfonamides is 1. The lowest BCUT2D eigenvalue weighted by atomic mass is 10.1. The smallest absolute Gasteiger partial charge is 0.290 e. The molecule has 1 unspecified atom stereocenters. The van der Waals surface area contributed by atoms with E-state index in [0.29, 0.717) is 10.6 Å². The summed E-state index contributed by atoms with van der Waals surface area (Å²) in [4.78, 5) is 41.3. The van der Waals surface area contributed by atoms with Gasteiger partial charge in [-0.05, 0) is 48.0 Å². The molecule has 3 aromatic rings. The van der Waals surface area contributed by atoms with Crippen molar-refractivity contribution in [3.8, 4) is 0 Å². The van der Waals surface area contributed by atoms with Gasteiger partial charge in [-0.1, -0.05) is 29.8 Å². The topological polar surface area (TPSA) is 131 Å². The Kier molecular flexibility index (Phi) is 6.07. The van der Waals surface area contributed by atoms with Crippen LogP contribution in [0.2, 0.25) is 5.02 Å². The molecule has 3 amide bonds. The summed E-state index contributed by atoms with van der Waals surface area (Å²) in [5.74, 6) is -1.73. The zero-order valence-corrected chi connectivity index (χ0v) is 18.6. The van der Waals surface area contributed by atoms with Gasteiger partial charge >= 0.3 is 0 Å². The molecule has 9 nitrogen and oxygen atoms in total. The third-order valence-corrected chi connectivity index (χ3v) is 6.51. The maximum absolute atomic E-state index is 13.3. The molecule has 1 saturated heterocycles. The normalized spacial score (nSPS) is 16.3. The van der Waals surface area contributed by atoms with Crippen molar-refractivity contribution < 1.29 is 27.2 Å². The number of nitrogens with zero attached hydrogens (tertiary/aromatic N) is 2. The van der Waals surface area contributed by atoms with E-state index < -0.39 is 33.8 Å². The summed E-state index contributed by atoms with van der Waals surface area (Å²) in [7, 11) is -3.93. The predicted molar refractivity (Wildman–Crippen MR) is 119 cm³/mol. The summed E-state index contributed by atoms with van der Waals surface area (Å²) >= 11 is 6.26. The van der Waals surface area contributed by atoms with Crippen molar-refractivity contribution in [2.45, 2.75) is 23.9 Å².